The fourth-order valence-electron chi connectivity index (χ4n) is 1.81. The molecule has 2 radical (unpaired) electrons. The Morgan fingerprint density at radius 1 is 1.64 bits per heavy atom. The molecule has 78 valence electrons. The number of ether oxygens (including phenoxy) is 1. The lowest BCUT2D eigenvalue weighted by atomic mass is 9.98. The minimum absolute atomic E-state index is 0.0846. The Bertz CT molecular complexity index is 199. The predicted octanol–water partition coefficient (Wildman–Crippen LogP) is 1.02. The highest BCUT2D eigenvalue weighted by Gasteiger charge is 2.26. The van der Waals surface area contributed by atoms with Gasteiger partial charge in [-0.15, -0.1) is 0 Å². The normalized spacial score (nSPS) is 28.7. The molecule has 0 aromatic carbocycles. The summed E-state index contributed by atoms with van der Waals surface area (Å²) in [5.74, 6) is 0.369. The van der Waals surface area contributed by atoms with Gasteiger partial charge < -0.3 is 10.5 Å². The minimum Gasteiger partial charge on any atom is -0.461 e. The molecule has 2 N–H and O–H groups in total. The number of hydrogen-bond donors (Lipinski definition) is 1. The summed E-state index contributed by atoms with van der Waals surface area (Å²) < 4.78 is 5.28. The van der Waals surface area contributed by atoms with E-state index in [1.165, 1.54) is 0 Å². The largest absolute Gasteiger partial charge is 0.461 e. The first-order chi connectivity index (χ1) is 6.63. The molecule has 1 aliphatic carbocycles. The standard InChI is InChI=1S/C10H18BNO2/c1-7-2-3-8(6-7)14-10(13)9(12)4-5-11/h7-9H,2-6,12H2,1H3/t7?,8?,9-/m0/s1. The molecule has 0 heterocycles. The van der Waals surface area contributed by atoms with Crippen molar-refractivity contribution >= 4 is 13.8 Å². The second-order valence-electron chi connectivity index (χ2n) is 4.16. The van der Waals surface area contributed by atoms with Crippen molar-refractivity contribution in [2.24, 2.45) is 11.7 Å². The molecular weight excluding hydrogens is 177 g/mol. The predicted molar refractivity (Wildman–Crippen MR) is 56.0 cm³/mol. The molecule has 0 aliphatic heterocycles. The molecule has 3 nitrogen and oxygen atoms in total. The third-order valence-corrected chi connectivity index (χ3v) is 2.71. The van der Waals surface area contributed by atoms with Crippen LogP contribution in [0, 0.1) is 5.92 Å². The Labute approximate surface area is 86.8 Å². The molecule has 0 saturated heterocycles. The fourth-order valence-corrected chi connectivity index (χ4v) is 1.81. The van der Waals surface area contributed by atoms with Crippen LogP contribution in [-0.2, 0) is 9.53 Å². The second-order valence-corrected chi connectivity index (χ2v) is 4.16. The number of hydrogen-bond acceptors (Lipinski definition) is 3. The first-order valence-corrected chi connectivity index (χ1v) is 5.29. The third-order valence-electron chi connectivity index (χ3n) is 2.71. The van der Waals surface area contributed by atoms with Gasteiger partial charge in [0.15, 0.2) is 0 Å². The van der Waals surface area contributed by atoms with Crippen LogP contribution in [0.4, 0.5) is 0 Å². The van der Waals surface area contributed by atoms with E-state index in [2.05, 4.69) is 6.92 Å². The van der Waals surface area contributed by atoms with Crippen LogP contribution in [0.1, 0.15) is 32.6 Å². The van der Waals surface area contributed by atoms with E-state index in [0.717, 1.165) is 19.3 Å². The van der Waals surface area contributed by atoms with Gasteiger partial charge in [-0.05, 0) is 31.6 Å². The number of rotatable bonds is 4. The molecule has 0 bridgehead atoms. The molecule has 2 unspecified atom stereocenters. The van der Waals surface area contributed by atoms with Crippen LogP contribution in [-0.4, -0.2) is 26.0 Å². The van der Waals surface area contributed by atoms with E-state index in [-0.39, 0.29) is 12.1 Å². The van der Waals surface area contributed by atoms with Gasteiger partial charge in [-0.25, -0.2) is 0 Å². The Hall–Kier alpha value is -0.505. The number of nitrogens with two attached hydrogens (primary N) is 1. The molecule has 0 aromatic rings. The van der Waals surface area contributed by atoms with Gasteiger partial charge in [0.1, 0.15) is 12.1 Å². The van der Waals surface area contributed by atoms with Gasteiger partial charge in [0, 0.05) is 0 Å². The molecule has 1 fully saturated rings. The average molecular weight is 195 g/mol. The lowest BCUT2D eigenvalue weighted by Gasteiger charge is -2.15. The molecule has 0 aromatic heterocycles. The first kappa shape index (κ1) is 11.6. The molecule has 4 heteroatoms. The van der Waals surface area contributed by atoms with Crippen LogP contribution in [0.5, 0.6) is 0 Å². The number of esters is 1. The molecule has 1 aliphatic rings. The van der Waals surface area contributed by atoms with Gasteiger partial charge in [0.2, 0.25) is 0 Å². The van der Waals surface area contributed by atoms with Crippen molar-refractivity contribution in [2.45, 2.75) is 51.1 Å². The number of carbonyl (C=O) groups excluding carboxylic acids is 1. The van der Waals surface area contributed by atoms with Gasteiger partial charge in [0.05, 0.1) is 7.85 Å². The average Bonchev–Trinajstić information content (AvgIpc) is 2.51. The minimum atomic E-state index is -0.545. The van der Waals surface area contributed by atoms with Crippen molar-refractivity contribution in [3.05, 3.63) is 0 Å². The van der Waals surface area contributed by atoms with Crippen LogP contribution in [0.25, 0.3) is 0 Å². The summed E-state index contributed by atoms with van der Waals surface area (Å²) in [4.78, 5) is 11.4. The van der Waals surface area contributed by atoms with E-state index < -0.39 is 6.04 Å². The van der Waals surface area contributed by atoms with E-state index in [1.807, 2.05) is 0 Å². The van der Waals surface area contributed by atoms with Crippen LogP contribution in [0.3, 0.4) is 0 Å². The van der Waals surface area contributed by atoms with Crippen LogP contribution < -0.4 is 5.73 Å². The Balaban J connectivity index is 2.26. The Kier molecular flexibility index (Phi) is 4.46. The summed E-state index contributed by atoms with van der Waals surface area (Å²) in [6, 6.07) is -0.545. The van der Waals surface area contributed by atoms with E-state index in [9.17, 15) is 4.79 Å². The maximum absolute atomic E-state index is 11.4. The summed E-state index contributed by atoms with van der Waals surface area (Å²) in [6.45, 7) is 2.17. The van der Waals surface area contributed by atoms with Crippen molar-refractivity contribution in [3.8, 4) is 0 Å². The smallest absolute Gasteiger partial charge is 0.323 e. The van der Waals surface area contributed by atoms with Crippen molar-refractivity contribution in [1.29, 1.82) is 0 Å². The molecular formula is C10H18BNO2. The zero-order valence-electron chi connectivity index (χ0n) is 8.74. The Morgan fingerprint density at radius 3 is 2.86 bits per heavy atom. The van der Waals surface area contributed by atoms with Crippen molar-refractivity contribution in [3.63, 3.8) is 0 Å². The second kappa shape index (κ2) is 5.39. The van der Waals surface area contributed by atoms with E-state index in [4.69, 9.17) is 18.3 Å². The van der Waals surface area contributed by atoms with Crippen LogP contribution in [0.2, 0.25) is 6.32 Å². The zero-order valence-corrected chi connectivity index (χ0v) is 8.74. The van der Waals surface area contributed by atoms with E-state index in [1.54, 1.807) is 0 Å². The van der Waals surface area contributed by atoms with Crippen LogP contribution >= 0.6 is 0 Å². The lowest BCUT2D eigenvalue weighted by molar-refractivity contribution is -0.150. The highest BCUT2D eigenvalue weighted by molar-refractivity contribution is 6.08. The van der Waals surface area contributed by atoms with Gasteiger partial charge in [-0.1, -0.05) is 13.2 Å². The summed E-state index contributed by atoms with van der Waals surface area (Å²) in [6.07, 6.45) is 4.10. The number of carbonyl (C=O) groups is 1. The fraction of sp³-hybridized carbons (Fsp3) is 0.900. The van der Waals surface area contributed by atoms with Crippen molar-refractivity contribution < 1.29 is 9.53 Å². The SMILES string of the molecule is [B]CC[C@H](N)C(=O)OC1CCC(C)C1. The molecule has 1 rings (SSSR count). The maximum atomic E-state index is 11.4. The highest BCUT2D eigenvalue weighted by atomic mass is 16.5. The summed E-state index contributed by atoms with van der Waals surface area (Å²) in [5.41, 5.74) is 5.59. The summed E-state index contributed by atoms with van der Waals surface area (Å²) in [5, 5.41) is 0. The van der Waals surface area contributed by atoms with Gasteiger partial charge in [0.25, 0.3) is 0 Å². The first-order valence-electron chi connectivity index (χ1n) is 5.29. The molecule has 14 heavy (non-hydrogen) atoms. The van der Waals surface area contributed by atoms with Crippen LogP contribution in [0.15, 0.2) is 0 Å². The van der Waals surface area contributed by atoms with E-state index in [0.29, 0.717) is 18.7 Å². The zero-order chi connectivity index (χ0) is 10.6. The lowest BCUT2D eigenvalue weighted by Crippen LogP contribution is -2.34. The third kappa shape index (κ3) is 3.33. The van der Waals surface area contributed by atoms with Crippen molar-refractivity contribution in [1.82, 2.24) is 0 Å². The molecule has 3 atom stereocenters. The monoisotopic (exact) mass is 195 g/mol. The Morgan fingerprint density at radius 2 is 2.36 bits per heavy atom. The molecule has 1 saturated carbocycles. The van der Waals surface area contributed by atoms with Crippen molar-refractivity contribution in [2.75, 3.05) is 0 Å². The quantitative estimate of drug-likeness (QED) is 0.538. The molecule has 0 spiro atoms. The van der Waals surface area contributed by atoms with Gasteiger partial charge in [-0.2, -0.15) is 0 Å². The highest BCUT2D eigenvalue weighted by Crippen LogP contribution is 2.27. The van der Waals surface area contributed by atoms with Gasteiger partial charge >= 0.3 is 5.97 Å². The molecule has 0 amide bonds. The topological polar surface area (TPSA) is 52.3 Å². The summed E-state index contributed by atoms with van der Waals surface area (Å²) in [7, 11) is 5.31. The maximum Gasteiger partial charge on any atom is 0.323 e. The van der Waals surface area contributed by atoms with Gasteiger partial charge in [-0.3, -0.25) is 4.79 Å². The summed E-state index contributed by atoms with van der Waals surface area (Å²) >= 11 is 0. The van der Waals surface area contributed by atoms with E-state index >= 15 is 0 Å².